The summed E-state index contributed by atoms with van der Waals surface area (Å²) in [5.74, 6) is 0. The molecule has 2 rings (SSSR count). The Morgan fingerprint density at radius 1 is 1.41 bits per heavy atom. The van der Waals surface area contributed by atoms with E-state index in [-0.39, 0.29) is 6.04 Å². The number of hydrogen-bond acceptors (Lipinski definition) is 3. The minimum Gasteiger partial charge on any atom is -0.453 e. The molecule has 0 saturated carbocycles. The van der Waals surface area contributed by atoms with Gasteiger partial charge in [-0.1, -0.05) is 6.92 Å². The zero-order chi connectivity index (χ0) is 12.3. The van der Waals surface area contributed by atoms with E-state index < -0.39 is 0 Å². The van der Waals surface area contributed by atoms with E-state index >= 15 is 0 Å². The van der Waals surface area contributed by atoms with E-state index in [0.717, 1.165) is 18.5 Å². The van der Waals surface area contributed by atoms with Crippen molar-refractivity contribution < 1.29 is 4.42 Å². The summed E-state index contributed by atoms with van der Waals surface area (Å²) in [5.41, 5.74) is 2.30. The molecular weight excluding hydrogens is 254 g/mol. The third-order valence-electron chi connectivity index (χ3n) is 2.77. The molecule has 2 aromatic heterocycles. The van der Waals surface area contributed by atoms with Crippen LogP contribution in [0.5, 0.6) is 0 Å². The van der Waals surface area contributed by atoms with Crippen LogP contribution in [-0.2, 0) is 0 Å². The van der Waals surface area contributed by atoms with Gasteiger partial charge >= 0.3 is 0 Å². The van der Waals surface area contributed by atoms with E-state index in [2.05, 4.69) is 30.6 Å². The second-order valence-corrected chi connectivity index (χ2v) is 5.43. The average molecular weight is 270 g/mol. The maximum Gasteiger partial charge on any atom is 0.198 e. The number of nitrogens with one attached hydrogen (secondary N) is 1. The number of rotatable bonds is 5. The van der Waals surface area contributed by atoms with Crippen molar-refractivity contribution in [1.82, 2.24) is 5.32 Å². The maximum absolute atomic E-state index is 6.08. The molecule has 2 heterocycles. The van der Waals surface area contributed by atoms with Crippen LogP contribution in [0.4, 0.5) is 0 Å². The molecule has 1 atom stereocenters. The summed E-state index contributed by atoms with van der Waals surface area (Å²) >= 11 is 7.84. The molecule has 2 aromatic rings. The van der Waals surface area contributed by atoms with Crippen molar-refractivity contribution in [2.75, 3.05) is 6.54 Å². The molecule has 0 saturated heterocycles. The Kier molecular flexibility index (Phi) is 4.26. The van der Waals surface area contributed by atoms with Crippen LogP contribution in [0.3, 0.4) is 0 Å². The highest BCUT2D eigenvalue weighted by Gasteiger charge is 2.20. The van der Waals surface area contributed by atoms with Gasteiger partial charge in [0.2, 0.25) is 0 Å². The van der Waals surface area contributed by atoms with Crippen molar-refractivity contribution in [2.24, 2.45) is 0 Å². The van der Waals surface area contributed by atoms with Crippen LogP contribution >= 0.6 is 22.9 Å². The van der Waals surface area contributed by atoms with Crippen molar-refractivity contribution in [2.45, 2.75) is 26.3 Å². The van der Waals surface area contributed by atoms with Gasteiger partial charge in [-0.05, 0) is 54.6 Å². The van der Waals surface area contributed by atoms with E-state index in [0.29, 0.717) is 5.22 Å². The lowest BCUT2D eigenvalue weighted by Crippen LogP contribution is -2.23. The molecule has 4 heteroatoms. The second-order valence-electron chi connectivity index (χ2n) is 3.97. The van der Waals surface area contributed by atoms with E-state index in [1.165, 1.54) is 10.4 Å². The van der Waals surface area contributed by atoms with Crippen molar-refractivity contribution in [3.05, 3.63) is 45.0 Å². The van der Waals surface area contributed by atoms with Crippen molar-refractivity contribution in [3.8, 4) is 0 Å². The van der Waals surface area contributed by atoms with Crippen LogP contribution in [0, 0.1) is 6.92 Å². The lowest BCUT2D eigenvalue weighted by Gasteiger charge is -2.17. The SMILES string of the molecule is CCCNC(c1ccoc1Cl)c1ccsc1C. The van der Waals surface area contributed by atoms with Crippen LogP contribution in [0.1, 0.15) is 35.4 Å². The van der Waals surface area contributed by atoms with Gasteiger partial charge in [0.1, 0.15) is 0 Å². The molecule has 0 aliphatic heterocycles. The Hall–Kier alpha value is -0.770. The smallest absolute Gasteiger partial charge is 0.198 e. The summed E-state index contributed by atoms with van der Waals surface area (Å²) in [5, 5.41) is 6.10. The van der Waals surface area contributed by atoms with Crippen molar-refractivity contribution in [1.29, 1.82) is 0 Å². The third kappa shape index (κ3) is 2.73. The predicted octanol–water partition coefficient (Wildman–Crippen LogP) is 4.39. The maximum atomic E-state index is 6.08. The molecule has 1 unspecified atom stereocenters. The Morgan fingerprint density at radius 2 is 2.24 bits per heavy atom. The summed E-state index contributed by atoms with van der Waals surface area (Å²) in [6.07, 6.45) is 2.73. The van der Waals surface area contributed by atoms with E-state index in [9.17, 15) is 0 Å². The molecular formula is C13H16ClNOS. The highest BCUT2D eigenvalue weighted by atomic mass is 35.5. The summed E-state index contributed by atoms with van der Waals surface area (Å²) in [6, 6.07) is 4.22. The van der Waals surface area contributed by atoms with E-state index in [4.69, 9.17) is 16.0 Å². The molecule has 1 N–H and O–H groups in total. The lowest BCUT2D eigenvalue weighted by atomic mass is 10.0. The second kappa shape index (κ2) is 5.71. The Labute approximate surface area is 111 Å². The molecule has 17 heavy (non-hydrogen) atoms. The van der Waals surface area contributed by atoms with Gasteiger partial charge < -0.3 is 9.73 Å². The van der Waals surface area contributed by atoms with Gasteiger partial charge in [0, 0.05) is 10.4 Å². The number of hydrogen-bond donors (Lipinski definition) is 1. The molecule has 0 bridgehead atoms. The van der Waals surface area contributed by atoms with Gasteiger partial charge in [0.15, 0.2) is 5.22 Å². The number of halogens is 1. The molecule has 0 aliphatic rings. The zero-order valence-electron chi connectivity index (χ0n) is 10.00. The highest BCUT2D eigenvalue weighted by molar-refractivity contribution is 7.10. The topological polar surface area (TPSA) is 25.2 Å². The summed E-state index contributed by atoms with van der Waals surface area (Å²) in [7, 11) is 0. The van der Waals surface area contributed by atoms with Crippen molar-refractivity contribution in [3.63, 3.8) is 0 Å². The molecule has 0 fully saturated rings. The quantitative estimate of drug-likeness (QED) is 0.871. The van der Waals surface area contributed by atoms with Gasteiger partial charge in [0.25, 0.3) is 0 Å². The molecule has 92 valence electrons. The van der Waals surface area contributed by atoms with Crippen LogP contribution < -0.4 is 5.32 Å². The fourth-order valence-corrected chi connectivity index (χ4v) is 2.85. The summed E-state index contributed by atoms with van der Waals surface area (Å²) < 4.78 is 5.19. The molecule has 0 spiro atoms. The normalized spacial score (nSPS) is 12.9. The Bertz CT molecular complexity index is 437. The van der Waals surface area contributed by atoms with Gasteiger partial charge in [0.05, 0.1) is 12.3 Å². The van der Waals surface area contributed by atoms with Crippen molar-refractivity contribution >= 4 is 22.9 Å². The summed E-state index contributed by atoms with van der Waals surface area (Å²) in [4.78, 5) is 1.32. The average Bonchev–Trinajstić information content (AvgIpc) is 2.90. The monoisotopic (exact) mass is 269 g/mol. The fourth-order valence-electron chi connectivity index (χ4n) is 1.88. The molecule has 0 aliphatic carbocycles. The Balaban J connectivity index is 2.32. The number of aryl methyl sites for hydroxylation is 1. The van der Waals surface area contributed by atoms with Crippen LogP contribution in [-0.4, -0.2) is 6.54 Å². The third-order valence-corrected chi connectivity index (χ3v) is 3.93. The number of furan rings is 1. The minimum absolute atomic E-state index is 0.132. The van der Waals surface area contributed by atoms with E-state index in [1.807, 2.05) is 6.07 Å². The molecule has 0 aromatic carbocycles. The van der Waals surface area contributed by atoms with Gasteiger partial charge in [-0.3, -0.25) is 0 Å². The largest absolute Gasteiger partial charge is 0.453 e. The lowest BCUT2D eigenvalue weighted by molar-refractivity contribution is 0.550. The first-order chi connectivity index (χ1) is 8.24. The number of thiophene rings is 1. The first kappa shape index (κ1) is 12.7. The first-order valence-corrected chi connectivity index (χ1v) is 7.00. The molecule has 0 amide bonds. The van der Waals surface area contributed by atoms with Crippen LogP contribution in [0.25, 0.3) is 0 Å². The van der Waals surface area contributed by atoms with Crippen LogP contribution in [0.15, 0.2) is 28.2 Å². The van der Waals surface area contributed by atoms with E-state index in [1.54, 1.807) is 17.6 Å². The van der Waals surface area contributed by atoms with Gasteiger partial charge in [-0.25, -0.2) is 0 Å². The molecule has 2 nitrogen and oxygen atoms in total. The standard InChI is InChI=1S/C13H16ClNOS/c1-3-6-15-12(10-5-8-17-9(10)2)11-4-7-16-13(11)14/h4-5,7-8,12,15H,3,6H2,1-2H3. The zero-order valence-corrected chi connectivity index (χ0v) is 11.6. The fraction of sp³-hybridized carbons (Fsp3) is 0.385. The minimum atomic E-state index is 0.132. The predicted molar refractivity (Wildman–Crippen MR) is 72.9 cm³/mol. The Morgan fingerprint density at radius 3 is 2.76 bits per heavy atom. The molecule has 0 radical (unpaired) electrons. The van der Waals surface area contributed by atoms with Crippen LogP contribution in [0.2, 0.25) is 5.22 Å². The first-order valence-electron chi connectivity index (χ1n) is 5.74. The highest BCUT2D eigenvalue weighted by Crippen LogP contribution is 2.32. The van der Waals surface area contributed by atoms with Gasteiger partial charge in [-0.15, -0.1) is 11.3 Å². The summed E-state index contributed by atoms with van der Waals surface area (Å²) in [6.45, 7) is 5.25. The van der Waals surface area contributed by atoms with Gasteiger partial charge in [-0.2, -0.15) is 0 Å².